The molecule has 0 aliphatic carbocycles. The quantitative estimate of drug-likeness (QED) is 0.847. The van der Waals surface area contributed by atoms with Crippen LogP contribution in [0.4, 0.5) is 0 Å². The summed E-state index contributed by atoms with van der Waals surface area (Å²) in [6.45, 7) is 10.5. The van der Waals surface area contributed by atoms with Crippen LogP contribution in [0, 0.1) is 5.92 Å². The first-order valence-corrected chi connectivity index (χ1v) is 8.26. The predicted molar refractivity (Wildman–Crippen MR) is 86.9 cm³/mol. The average Bonchev–Trinajstić information content (AvgIpc) is 2.48. The first-order chi connectivity index (χ1) is 9.74. The van der Waals surface area contributed by atoms with E-state index in [-0.39, 0.29) is 0 Å². The minimum atomic E-state index is 0.444. The highest BCUT2D eigenvalue weighted by Gasteiger charge is 2.31. The zero-order valence-corrected chi connectivity index (χ0v) is 13.3. The lowest BCUT2D eigenvalue weighted by molar-refractivity contribution is 0.0962. The van der Waals surface area contributed by atoms with Crippen molar-refractivity contribution in [1.82, 2.24) is 10.2 Å². The van der Waals surface area contributed by atoms with Crippen molar-refractivity contribution in [3.63, 3.8) is 0 Å². The Bertz CT molecular complexity index is 368. The molecular weight excluding hydrogens is 244 g/mol. The molecule has 0 radical (unpaired) electrons. The molecule has 112 valence electrons. The van der Waals surface area contributed by atoms with Crippen LogP contribution >= 0.6 is 0 Å². The Hall–Kier alpha value is -0.860. The standard InChI is InChI=1S/C18H30N2/c1-4-19-17(16-11-7-5-8-12-16)18(15(2)3)20-13-9-6-10-14-20/h5,7-8,11-12,15,17-19H,4,6,9-10,13-14H2,1-3H3. The Morgan fingerprint density at radius 2 is 1.70 bits per heavy atom. The molecule has 1 aliphatic rings. The van der Waals surface area contributed by atoms with Crippen molar-refractivity contribution in [2.45, 2.75) is 52.1 Å². The number of piperidine rings is 1. The fourth-order valence-electron chi connectivity index (χ4n) is 3.55. The third kappa shape index (κ3) is 3.83. The lowest BCUT2D eigenvalue weighted by Crippen LogP contribution is -2.49. The van der Waals surface area contributed by atoms with Gasteiger partial charge in [-0.2, -0.15) is 0 Å². The van der Waals surface area contributed by atoms with E-state index >= 15 is 0 Å². The van der Waals surface area contributed by atoms with Gasteiger partial charge in [0.05, 0.1) is 0 Å². The highest BCUT2D eigenvalue weighted by molar-refractivity contribution is 5.21. The lowest BCUT2D eigenvalue weighted by atomic mass is 9.88. The van der Waals surface area contributed by atoms with Crippen LogP contribution in [0.15, 0.2) is 30.3 Å². The van der Waals surface area contributed by atoms with E-state index in [2.05, 4.69) is 61.3 Å². The molecule has 1 heterocycles. The first-order valence-electron chi connectivity index (χ1n) is 8.26. The molecule has 20 heavy (non-hydrogen) atoms. The molecule has 1 N–H and O–H groups in total. The number of hydrogen-bond acceptors (Lipinski definition) is 2. The summed E-state index contributed by atoms with van der Waals surface area (Å²) >= 11 is 0. The van der Waals surface area contributed by atoms with Crippen molar-refractivity contribution in [2.24, 2.45) is 5.92 Å². The fourth-order valence-corrected chi connectivity index (χ4v) is 3.55. The van der Waals surface area contributed by atoms with E-state index in [0.29, 0.717) is 18.0 Å². The Balaban J connectivity index is 2.22. The summed E-state index contributed by atoms with van der Waals surface area (Å²) in [5.41, 5.74) is 1.43. The molecule has 1 fully saturated rings. The van der Waals surface area contributed by atoms with Gasteiger partial charge in [0.25, 0.3) is 0 Å². The van der Waals surface area contributed by atoms with Crippen LogP contribution in [0.25, 0.3) is 0 Å². The maximum absolute atomic E-state index is 3.74. The zero-order chi connectivity index (χ0) is 14.4. The van der Waals surface area contributed by atoms with Gasteiger partial charge in [0.15, 0.2) is 0 Å². The summed E-state index contributed by atoms with van der Waals surface area (Å²) in [5.74, 6) is 0.664. The van der Waals surface area contributed by atoms with Crippen molar-refractivity contribution in [3.05, 3.63) is 35.9 Å². The Morgan fingerprint density at radius 3 is 2.25 bits per heavy atom. The summed E-state index contributed by atoms with van der Waals surface area (Å²) < 4.78 is 0. The minimum Gasteiger partial charge on any atom is -0.309 e. The Morgan fingerprint density at radius 1 is 1.05 bits per heavy atom. The SMILES string of the molecule is CCNC(c1ccccc1)C(C(C)C)N1CCCCC1. The summed E-state index contributed by atoms with van der Waals surface area (Å²) in [5, 5.41) is 3.74. The molecule has 0 amide bonds. The highest BCUT2D eigenvalue weighted by Crippen LogP contribution is 2.28. The Kier molecular flexibility index (Phi) is 6.06. The third-order valence-corrected chi connectivity index (χ3v) is 4.42. The molecule has 0 saturated carbocycles. The molecule has 2 heteroatoms. The van der Waals surface area contributed by atoms with Gasteiger partial charge in [-0.15, -0.1) is 0 Å². The molecule has 2 atom stereocenters. The second-order valence-corrected chi connectivity index (χ2v) is 6.28. The molecule has 2 rings (SSSR count). The van der Waals surface area contributed by atoms with Crippen LogP contribution in [-0.4, -0.2) is 30.6 Å². The van der Waals surface area contributed by atoms with Gasteiger partial charge in [0, 0.05) is 12.1 Å². The third-order valence-electron chi connectivity index (χ3n) is 4.42. The number of likely N-dealkylation sites (N-methyl/N-ethyl adjacent to an activating group) is 1. The molecular formula is C18H30N2. The average molecular weight is 274 g/mol. The molecule has 1 aliphatic heterocycles. The maximum atomic E-state index is 3.74. The molecule has 2 nitrogen and oxygen atoms in total. The van der Waals surface area contributed by atoms with Crippen LogP contribution in [0.2, 0.25) is 0 Å². The second-order valence-electron chi connectivity index (χ2n) is 6.28. The van der Waals surface area contributed by atoms with Gasteiger partial charge in [-0.3, -0.25) is 4.90 Å². The monoisotopic (exact) mass is 274 g/mol. The van der Waals surface area contributed by atoms with Crippen molar-refractivity contribution < 1.29 is 0 Å². The molecule has 1 aromatic carbocycles. The first kappa shape index (κ1) is 15.5. The summed E-state index contributed by atoms with van der Waals surface area (Å²) in [6, 6.07) is 12.0. The number of likely N-dealkylation sites (tertiary alicyclic amines) is 1. The van der Waals surface area contributed by atoms with E-state index in [0.717, 1.165) is 6.54 Å². The van der Waals surface area contributed by atoms with Crippen molar-refractivity contribution >= 4 is 0 Å². The highest BCUT2D eigenvalue weighted by atomic mass is 15.2. The van der Waals surface area contributed by atoms with Gasteiger partial charge < -0.3 is 5.32 Å². The van der Waals surface area contributed by atoms with Gasteiger partial charge in [-0.1, -0.05) is 57.5 Å². The van der Waals surface area contributed by atoms with Gasteiger partial charge in [0.2, 0.25) is 0 Å². The number of nitrogens with zero attached hydrogens (tertiary/aromatic N) is 1. The summed E-state index contributed by atoms with van der Waals surface area (Å²) in [4.78, 5) is 2.72. The van der Waals surface area contributed by atoms with Crippen molar-refractivity contribution in [3.8, 4) is 0 Å². The summed E-state index contributed by atoms with van der Waals surface area (Å²) in [7, 11) is 0. The van der Waals surface area contributed by atoms with Gasteiger partial charge in [-0.05, 0) is 44.0 Å². The number of hydrogen-bond donors (Lipinski definition) is 1. The van der Waals surface area contributed by atoms with E-state index in [9.17, 15) is 0 Å². The number of nitrogens with one attached hydrogen (secondary N) is 1. The second kappa shape index (κ2) is 7.80. The lowest BCUT2D eigenvalue weighted by Gasteiger charge is -2.42. The maximum Gasteiger partial charge on any atom is 0.0480 e. The fraction of sp³-hybridized carbons (Fsp3) is 0.667. The van der Waals surface area contributed by atoms with Crippen LogP contribution in [0.5, 0.6) is 0 Å². The normalized spacial score (nSPS) is 20.0. The van der Waals surface area contributed by atoms with E-state index in [1.807, 2.05) is 0 Å². The van der Waals surface area contributed by atoms with E-state index < -0.39 is 0 Å². The minimum absolute atomic E-state index is 0.444. The summed E-state index contributed by atoms with van der Waals surface area (Å²) in [6.07, 6.45) is 4.12. The van der Waals surface area contributed by atoms with Gasteiger partial charge in [-0.25, -0.2) is 0 Å². The van der Waals surface area contributed by atoms with E-state index in [1.165, 1.54) is 37.9 Å². The molecule has 1 aromatic rings. The molecule has 0 spiro atoms. The van der Waals surface area contributed by atoms with Gasteiger partial charge in [0.1, 0.15) is 0 Å². The van der Waals surface area contributed by atoms with Crippen molar-refractivity contribution in [1.29, 1.82) is 0 Å². The van der Waals surface area contributed by atoms with Crippen molar-refractivity contribution in [2.75, 3.05) is 19.6 Å². The number of benzene rings is 1. The number of rotatable bonds is 6. The molecule has 1 saturated heterocycles. The van der Waals surface area contributed by atoms with Crippen LogP contribution in [-0.2, 0) is 0 Å². The molecule has 2 unspecified atom stereocenters. The molecule has 0 aromatic heterocycles. The largest absolute Gasteiger partial charge is 0.309 e. The van der Waals surface area contributed by atoms with E-state index in [1.54, 1.807) is 0 Å². The predicted octanol–water partition coefficient (Wildman–Crippen LogP) is 3.85. The van der Waals surface area contributed by atoms with Crippen LogP contribution in [0.1, 0.15) is 51.6 Å². The van der Waals surface area contributed by atoms with E-state index in [4.69, 9.17) is 0 Å². The Labute approximate surface area is 124 Å². The van der Waals surface area contributed by atoms with Gasteiger partial charge >= 0.3 is 0 Å². The zero-order valence-electron chi connectivity index (χ0n) is 13.3. The van der Waals surface area contributed by atoms with Crippen LogP contribution in [0.3, 0.4) is 0 Å². The van der Waals surface area contributed by atoms with Crippen LogP contribution < -0.4 is 5.32 Å². The molecule has 0 bridgehead atoms. The smallest absolute Gasteiger partial charge is 0.0480 e. The topological polar surface area (TPSA) is 15.3 Å².